The first-order valence-corrected chi connectivity index (χ1v) is 8.37. The van der Waals surface area contributed by atoms with Crippen LogP contribution in [-0.4, -0.2) is 35.2 Å². The summed E-state index contributed by atoms with van der Waals surface area (Å²) in [4.78, 5) is 2.45. The zero-order chi connectivity index (χ0) is 14.4. The largest absolute Gasteiger partial charge is 0.388 e. The van der Waals surface area contributed by atoms with Gasteiger partial charge in [0.1, 0.15) is 0 Å². The van der Waals surface area contributed by atoms with E-state index in [0.29, 0.717) is 11.8 Å². The first-order chi connectivity index (χ1) is 9.51. The Bertz CT molecular complexity index is 406. The zero-order valence-corrected chi connectivity index (χ0v) is 12.9. The number of rotatable bonds is 2. The van der Waals surface area contributed by atoms with Crippen LogP contribution in [0, 0.1) is 34.5 Å². The van der Waals surface area contributed by atoms with Crippen LogP contribution in [-0.2, 0) is 0 Å². The summed E-state index contributed by atoms with van der Waals surface area (Å²) in [5.74, 6) is 1.77. The molecule has 3 aliphatic rings. The third-order valence-electron chi connectivity index (χ3n) is 6.63. The van der Waals surface area contributed by atoms with Crippen molar-refractivity contribution >= 4 is 0 Å². The fourth-order valence-corrected chi connectivity index (χ4v) is 5.03. The molecule has 0 aromatic rings. The minimum atomic E-state index is -0.725. The Labute approximate surface area is 123 Å². The van der Waals surface area contributed by atoms with Gasteiger partial charge in [0, 0.05) is 19.0 Å². The van der Waals surface area contributed by atoms with Gasteiger partial charge in [0.05, 0.1) is 17.1 Å². The molecular formula is C17H28N2O. The maximum absolute atomic E-state index is 11.4. The Morgan fingerprint density at radius 2 is 1.85 bits per heavy atom. The molecule has 0 spiro atoms. The van der Waals surface area contributed by atoms with Gasteiger partial charge in [0.15, 0.2) is 0 Å². The van der Waals surface area contributed by atoms with Crippen LogP contribution in [0.5, 0.6) is 0 Å². The summed E-state index contributed by atoms with van der Waals surface area (Å²) in [6.07, 6.45) is 5.91. The highest BCUT2D eigenvalue weighted by molar-refractivity contribution is 5.17. The van der Waals surface area contributed by atoms with Crippen molar-refractivity contribution in [3.05, 3.63) is 0 Å². The Kier molecular flexibility index (Phi) is 3.59. The topological polar surface area (TPSA) is 47.3 Å². The number of nitrogens with zero attached hydrogens (tertiary/aromatic N) is 2. The molecule has 0 aromatic heterocycles. The summed E-state index contributed by atoms with van der Waals surface area (Å²) in [6.45, 7) is 7.67. The Morgan fingerprint density at radius 3 is 2.45 bits per heavy atom. The Balaban J connectivity index is 1.81. The van der Waals surface area contributed by atoms with E-state index < -0.39 is 11.0 Å². The standard InChI is InChI=1S/C17H28N2O/c1-13(2)14-3-6-16(12-18,7-4-14)17(20)8-10-19-9-5-15(17)11-19/h13-15,20H,3-11H2,1-2H3. The molecule has 2 heterocycles. The van der Waals surface area contributed by atoms with E-state index in [2.05, 4.69) is 24.8 Å². The van der Waals surface area contributed by atoms with Crippen molar-refractivity contribution < 1.29 is 5.11 Å². The second-order valence-electron chi connectivity index (χ2n) is 7.74. The molecule has 0 amide bonds. The van der Waals surface area contributed by atoms with Crippen LogP contribution in [0.1, 0.15) is 52.4 Å². The minimum absolute atomic E-state index is 0.325. The van der Waals surface area contributed by atoms with Crippen LogP contribution >= 0.6 is 0 Å². The fraction of sp³-hybridized carbons (Fsp3) is 0.941. The van der Waals surface area contributed by atoms with Gasteiger partial charge in [-0.1, -0.05) is 13.8 Å². The predicted octanol–water partition coefficient (Wildman–Crippen LogP) is 2.80. The molecule has 2 saturated heterocycles. The number of fused-ring (bicyclic) bond motifs is 2. The molecule has 2 aliphatic heterocycles. The van der Waals surface area contributed by atoms with Gasteiger partial charge in [-0.15, -0.1) is 0 Å². The van der Waals surface area contributed by atoms with Crippen LogP contribution in [0.2, 0.25) is 0 Å². The second kappa shape index (κ2) is 5.00. The Hall–Kier alpha value is -0.590. The van der Waals surface area contributed by atoms with Crippen LogP contribution in [0.25, 0.3) is 0 Å². The van der Waals surface area contributed by atoms with Crippen molar-refractivity contribution in [2.24, 2.45) is 23.2 Å². The first kappa shape index (κ1) is 14.4. The van der Waals surface area contributed by atoms with Gasteiger partial charge >= 0.3 is 0 Å². The van der Waals surface area contributed by atoms with Crippen LogP contribution in [0.3, 0.4) is 0 Å². The lowest BCUT2D eigenvalue weighted by Gasteiger charge is -2.52. The summed E-state index contributed by atoms with van der Waals surface area (Å²) in [7, 11) is 0. The van der Waals surface area contributed by atoms with Crippen molar-refractivity contribution in [2.75, 3.05) is 19.6 Å². The molecule has 0 radical (unpaired) electrons. The van der Waals surface area contributed by atoms with E-state index >= 15 is 0 Å². The predicted molar refractivity (Wildman–Crippen MR) is 79.0 cm³/mol. The molecule has 3 unspecified atom stereocenters. The molecule has 0 aromatic carbocycles. The molecule has 2 bridgehead atoms. The summed E-state index contributed by atoms with van der Waals surface area (Å²) in [6, 6.07) is 2.60. The number of hydrogen-bond donors (Lipinski definition) is 1. The number of piperidine rings is 1. The smallest absolute Gasteiger partial charge is 0.0886 e. The lowest BCUT2D eigenvalue weighted by molar-refractivity contribution is -0.137. The fourth-order valence-electron chi connectivity index (χ4n) is 5.03. The SMILES string of the molecule is CC(C)C1CCC(C#N)(C2(O)CCN3CCC2C3)CC1. The van der Waals surface area contributed by atoms with E-state index in [0.717, 1.165) is 64.1 Å². The van der Waals surface area contributed by atoms with Crippen LogP contribution < -0.4 is 0 Å². The molecule has 1 saturated carbocycles. The summed E-state index contributed by atoms with van der Waals surface area (Å²) < 4.78 is 0. The van der Waals surface area contributed by atoms with Gasteiger partial charge in [0.2, 0.25) is 0 Å². The lowest BCUT2D eigenvalue weighted by Crippen LogP contribution is -2.58. The van der Waals surface area contributed by atoms with E-state index in [1.165, 1.54) is 0 Å². The van der Waals surface area contributed by atoms with Crippen molar-refractivity contribution in [3.8, 4) is 6.07 Å². The number of nitriles is 1. The molecule has 3 nitrogen and oxygen atoms in total. The highest BCUT2D eigenvalue weighted by atomic mass is 16.3. The van der Waals surface area contributed by atoms with Gasteiger partial charge in [-0.25, -0.2) is 0 Å². The average molecular weight is 276 g/mol. The van der Waals surface area contributed by atoms with E-state index in [4.69, 9.17) is 0 Å². The van der Waals surface area contributed by atoms with E-state index in [-0.39, 0.29) is 0 Å². The molecule has 3 atom stereocenters. The van der Waals surface area contributed by atoms with Gasteiger partial charge in [-0.05, 0) is 56.9 Å². The monoisotopic (exact) mass is 276 g/mol. The van der Waals surface area contributed by atoms with Crippen molar-refractivity contribution in [2.45, 2.75) is 58.0 Å². The molecule has 1 aliphatic carbocycles. The van der Waals surface area contributed by atoms with E-state index in [9.17, 15) is 10.4 Å². The maximum atomic E-state index is 11.4. The summed E-state index contributed by atoms with van der Waals surface area (Å²) >= 11 is 0. The van der Waals surface area contributed by atoms with Crippen molar-refractivity contribution in [1.82, 2.24) is 4.90 Å². The van der Waals surface area contributed by atoms with E-state index in [1.54, 1.807) is 0 Å². The molecule has 3 heteroatoms. The summed E-state index contributed by atoms with van der Waals surface area (Å²) in [5, 5.41) is 21.3. The third kappa shape index (κ3) is 2.00. The van der Waals surface area contributed by atoms with E-state index in [1.807, 2.05) is 0 Å². The zero-order valence-electron chi connectivity index (χ0n) is 12.9. The van der Waals surface area contributed by atoms with Gasteiger partial charge in [0.25, 0.3) is 0 Å². The van der Waals surface area contributed by atoms with Gasteiger partial charge < -0.3 is 10.0 Å². The third-order valence-corrected chi connectivity index (χ3v) is 6.63. The van der Waals surface area contributed by atoms with Crippen LogP contribution in [0.4, 0.5) is 0 Å². The molecule has 20 heavy (non-hydrogen) atoms. The lowest BCUT2D eigenvalue weighted by atomic mass is 9.56. The number of aliphatic hydroxyl groups is 1. The highest BCUT2D eigenvalue weighted by Gasteiger charge is 2.59. The molecule has 1 N–H and O–H groups in total. The van der Waals surface area contributed by atoms with Crippen LogP contribution in [0.15, 0.2) is 0 Å². The molecule has 112 valence electrons. The maximum Gasteiger partial charge on any atom is 0.0886 e. The average Bonchev–Trinajstić information content (AvgIpc) is 2.88. The van der Waals surface area contributed by atoms with Crippen molar-refractivity contribution in [3.63, 3.8) is 0 Å². The van der Waals surface area contributed by atoms with Gasteiger partial charge in [-0.2, -0.15) is 5.26 Å². The molecule has 3 fully saturated rings. The molecule has 3 rings (SSSR count). The molecular weight excluding hydrogens is 248 g/mol. The quantitative estimate of drug-likeness (QED) is 0.843. The van der Waals surface area contributed by atoms with Gasteiger partial charge in [-0.3, -0.25) is 0 Å². The minimum Gasteiger partial charge on any atom is -0.388 e. The Morgan fingerprint density at radius 1 is 1.15 bits per heavy atom. The first-order valence-electron chi connectivity index (χ1n) is 8.37. The second-order valence-corrected chi connectivity index (χ2v) is 7.74. The summed E-state index contributed by atoms with van der Waals surface area (Å²) in [5.41, 5.74) is -1.20. The highest BCUT2D eigenvalue weighted by Crippen LogP contribution is 2.54. The normalized spacial score (nSPS) is 48.2. The number of hydrogen-bond acceptors (Lipinski definition) is 3. The van der Waals surface area contributed by atoms with Crippen molar-refractivity contribution in [1.29, 1.82) is 5.26 Å².